The third-order valence-corrected chi connectivity index (χ3v) is 6.01. The van der Waals surface area contributed by atoms with Gasteiger partial charge in [-0.05, 0) is 48.9 Å². The van der Waals surface area contributed by atoms with E-state index in [0.717, 1.165) is 10.9 Å². The Balaban J connectivity index is 0.000000601. The van der Waals surface area contributed by atoms with Gasteiger partial charge in [-0.1, -0.05) is 13.8 Å². The fourth-order valence-electron chi connectivity index (χ4n) is 2.74. The summed E-state index contributed by atoms with van der Waals surface area (Å²) >= 11 is 1.18. The second-order valence-corrected chi connectivity index (χ2v) is 10.2. The number of carbonyl (C=O) groups is 4. The molecular weight excluding hydrogens is 645 g/mol. The van der Waals surface area contributed by atoms with Crippen LogP contribution in [-0.2, 0) is 20.8 Å². The molecule has 0 atom stereocenters. The number of rotatable bonds is 7. The van der Waals surface area contributed by atoms with Gasteiger partial charge in [-0.2, -0.15) is 26.3 Å². The molecule has 0 radical (unpaired) electrons. The third-order valence-electron chi connectivity index (χ3n) is 4.94. The first-order valence-electron chi connectivity index (χ1n) is 11.8. The highest BCUT2D eigenvalue weighted by molar-refractivity contribution is 7.14. The summed E-state index contributed by atoms with van der Waals surface area (Å²) in [6.07, 6.45) is -6.58. The van der Waals surface area contributed by atoms with Crippen LogP contribution in [0.5, 0.6) is 5.75 Å². The standard InChI is InChI=1S/C22H21FN4O3S.2C2HF3O2/c1-22(2,21(29)27-14-4-3-9-26-12-14)11-15-6-8-18(31-15)20(28)30-17-7-5-13(19(24)25)10-16(17)23;2*3-2(4,5)1(6)7/h3-10,12H,11H2,1-2H3,(H3,24,25)(H,27,29);2*(H,6,7). The summed E-state index contributed by atoms with van der Waals surface area (Å²) in [5.41, 5.74) is 5.38. The zero-order valence-electron chi connectivity index (χ0n) is 22.9. The molecule has 0 unspecified atom stereocenters. The van der Waals surface area contributed by atoms with Gasteiger partial charge in [-0.25, -0.2) is 18.8 Å². The summed E-state index contributed by atoms with van der Waals surface area (Å²) in [7, 11) is 0. The average Bonchev–Trinajstić information content (AvgIpc) is 3.38. The van der Waals surface area contributed by atoms with Gasteiger partial charge in [0.25, 0.3) is 0 Å². The Morgan fingerprint density at radius 1 is 0.978 bits per heavy atom. The number of carbonyl (C=O) groups excluding carboxylic acids is 2. The Kier molecular flexibility index (Phi) is 13.2. The Labute approximate surface area is 253 Å². The lowest BCUT2D eigenvalue weighted by molar-refractivity contribution is -0.193. The fraction of sp³-hybridized carbons (Fsp3) is 0.231. The molecule has 3 aromatic rings. The van der Waals surface area contributed by atoms with E-state index in [4.69, 9.17) is 35.7 Å². The number of aliphatic carboxylic acids is 2. The molecule has 45 heavy (non-hydrogen) atoms. The zero-order valence-corrected chi connectivity index (χ0v) is 23.7. The molecule has 0 fully saturated rings. The summed E-state index contributed by atoms with van der Waals surface area (Å²) < 4.78 is 82.7. The Morgan fingerprint density at radius 3 is 1.98 bits per heavy atom. The van der Waals surface area contributed by atoms with Crippen LogP contribution >= 0.6 is 11.3 Å². The largest absolute Gasteiger partial charge is 0.490 e. The highest BCUT2D eigenvalue weighted by Gasteiger charge is 2.39. The molecule has 0 aliphatic heterocycles. The van der Waals surface area contributed by atoms with Crippen molar-refractivity contribution in [3.8, 4) is 5.75 Å². The van der Waals surface area contributed by atoms with Crippen molar-refractivity contribution in [2.45, 2.75) is 32.6 Å². The molecule has 19 heteroatoms. The van der Waals surface area contributed by atoms with Gasteiger partial charge in [0.1, 0.15) is 10.7 Å². The van der Waals surface area contributed by atoms with Crippen LogP contribution in [0.25, 0.3) is 0 Å². The molecule has 0 bridgehead atoms. The number of alkyl halides is 6. The maximum absolute atomic E-state index is 14.1. The van der Waals surface area contributed by atoms with E-state index in [-0.39, 0.29) is 27.9 Å². The molecular formula is C26H23F7N4O7S. The molecule has 0 saturated carbocycles. The van der Waals surface area contributed by atoms with E-state index >= 15 is 0 Å². The summed E-state index contributed by atoms with van der Waals surface area (Å²) in [4.78, 5) is 47.9. The van der Waals surface area contributed by atoms with E-state index in [2.05, 4.69) is 10.3 Å². The number of amides is 1. The number of carboxylic acids is 2. The van der Waals surface area contributed by atoms with Crippen LogP contribution in [-0.4, -0.2) is 57.2 Å². The maximum Gasteiger partial charge on any atom is 0.490 e. The number of nitrogens with one attached hydrogen (secondary N) is 2. The molecule has 0 spiro atoms. The molecule has 0 saturated heterocycles. The van der Waals surface area contributed by atoms with Gasteiger partial charge in [-0.15, -0.1) is 11.3 Å². The molecule has 2 heterocycles. The molecule has 244 valence electrons. The van der Waals surface area contributed by atoms with E-state index in [0.29, 0.717) is 12.1 Å². The monoisotopic (exact) mass is 668 g/mol. The van der Waals surface area contributed by atoms with Crippen LogP contribution in [0.15, 0.2) is 54.9 Å². The van der Waals surface area contributed by atoms with Crippen LogP contribution < -0.4 is 15.8 Å². The SMILES string of the molecule is CC(C)(Cc1ccc(C(=O)Oc2ccc(C(=N)N)cc2F)s1)C(=O)Nc1cccnc1.O=C(O)C(F)(F)F.O=C(O)C(F)(F)F. The van der Waals surface area contributed by atoms with Gasteiger partial charge in [0.05, 0.1) is 11.9 Å². The molecule has 0 aliphatic rings. The van der Waals surface area contributed by atoms with Crippen LogP contribution in [0.2, 0.25) is 0 Å². The fourth-order valence-corrected chi connectivity index (χ4v) is 3.85. The lowest BCUT2D eigenvalue weighted by Gasteiger charge is -2.22. The topological polar surface area (TPSA) is 193 Å². The van der Waals surface area contributed by atoms with Gasteiger partial charge in [0.15, 0.2) is 11.6 Å². The molecule has 1 amide bonds. The van der Waals surface area contributed by atoms with Crippen LogP contribution in [0.4, 0.5) is 36.4 Å². The number of thiophene rings is 1. The number of carboxylic acid groups (broad SMARTS) is 2. The van der Waals surface area contributed by atoms with E-state index in [1.165, 1.54) is 23.5 Å². The second-order valence-electron chi connectivity index (χ2n) is 9.08. The molecule has 11 nitrogen and oxygen atoms in total. The lowest BCUT2D eigenvalue weighted by Crippen LogP contribution is -2.32. The molecule has 3 rings (SSSR count). The number of aromatic nitrogens is 1. The maximum atomic E-state index is 14.1. The summed E-state index contributed by atoms with van der Waals surface area (Å²) in [5, 5.41) is 24.4. The first-order valence-corrected chi connectivity index (χ1v) is 12.6. The number of halogens is 7. The van der Waals surface area contributed by atoms with Gasteiger partial charge in [0.2, 0.25) is 5.91 Å². The van der Waals surface area contributed by atoms with Crippen molar-refractivity contribution in [1.82, 2.24) is 4.98 Å². The van der Waals surface area contributed by atoms with Crippen molar-refractivity contribution in [3.05, 3.63) is 76.0 Å². The number of benzene rings is 1. The summed E-state index contributed by atoms with van der Waals surface area (Å²) in [6.45, 7) is 3.62. The number of esters is 1. The normalized spacial score (nSPS) is 11.1. The third kappa shape index (κ3) is 13.0. The predicted molar refractivity (Wildman–Crippen MR) is 144 cm³/mol. The van der Waals surface area contributed by atoms with Crippen molar-refractivity contribution in [1.29, 1.82) is 5.41 Å². The van der Waals surface area contributed by atoms with Crippen LogP contribution in [0.1, 0.15) is 34.0 Å². The number of hydrogen-bond donors (Lipinski definition) is 5. The number of ether oxygens (including phenoxy) is 1. The lowest BCUT2D eigenvalue weighted by atomic mass is 9.87. The van der Waals surface area contributed by atoms with Gasteiger partial charge >= 0.3 is 30.3 Å². The van der Waals surface area contributed by atoms with Crippen molar-refractivity contribution < 1.29 is 64.9 Å². The highest BCUT2D eigenvalue weighted by Crippen LogP contribution is 2.29. The van der Waals surface area contributed by atoms with Crippen molar-refractivity contribution >= 4 is 46.7 Å². The van der Waals surface area contributed by atoms with E-state index < -0.39 is 41.5 Å². The Morgan fingerprint density at radius 2 is 1.53 bits per heavy atom. The summed E-state index contributed by atoms with van der Waals surface area (Å²) in [5.74, 6) is -7.71. The first kappa shape index (κ1) is 38.0. The number of nitrogen functional groups attached to an aromatic ring is 1. The summed E-state index contributed by atoms with van der Waals surface area (Å²) in [6, 6.07) is 10.5. The van der Waals surface area contributed by atoms with Gasteiger partial charge in [-0.3, -0.25) is 15.2 Å². The number of pyridine rings is 1. The smallest absolute Gasteiger partial charge is 0.475 e. The number of hydrogen-bond acceptors (Lipinski definition) is 8. The predicted octanol–water partition coefficient (Wildman–Crippen LogP) is 5.26. The number of anilines is 1. The van der Waals surface area contributed by atoms with Gasteiger partial charge < -0.3 is 26.0 Å². The van der Waals surface area contributed by atoms with E-state index in [9.17, 15) is 40.3 Å². The minimum absolute atomic E-state index is 0.175. The highest BCUT2D eigenvalue weighted by atomic mass is 32.1. The Bertz CT molecular complexity index is 1500. The average molecular weight is 669 g/mol. The quantitative estimate of drug-likeness (QED) is 0.0734. The minimum atomic E-state index is -5.08. The minimum Gasteiger partial charge on any atom is -0.475 e. The molecule has 2 aromatic heterocycles. The second kappa shape index (κ2) is 15.6. The van der Waals surface area contributed by atoms with Crippen molar-refractivity contribution in [2.75, 3.05) is 5.32 Å². The Hall–Kier alpha value is -5.07. The van der Waals surface area contributed by atoms with E-state index in [1.807, 2.05) is 13.8 Å². The number of amidine groups is 1. The van der Waals surface area contributed by atoms with Gasteiger partial charge in [0, 0.05) is 22.1 Å². The van der Waals surface area contributed by atoms with Crippen LogP contribution in [0, 0.1) is 16.6 Å². The van der Waals surface area contributed by atoms with Crippen molar-refractivity contribution in [3.63, 3.8) is 0 Å². The van der Waals surface area contributed by atoms with Crippen molar-refractivity contribution in [2.24, 2.45) is 11.1 Å². The number of nitrogens with two attached hydrogens (primary N) is 1. The number of nitrogens with zero attached hydrogens (tertiary/aromatic N) is 1. The zero-order chi connectivity index (χ0) is 34.8. The van der Waals surface area contributed by atoms with Crippen LogP contribution in [0.3, 0.4) is 0 Å². The molecule has 0 aliphatic carbocycles. The van der Waals surface area contributed by atoms with E-state index in [1.54, 1.807) is 36.7 Å². The first-order chi connectivity index (χ1) is 20.5. The molecule has 6 N–H and O–H groups in total. The molecule has 1 aromatic carbocycles.